The molecule has 1 saturated heterocycles. The monoisotopic (exact) mass is 404 g/mol. The van der Waals surface area contributed by atoms with Gasteiger partial charge in [0.25, 0.3) is 11.6 Å². The number of benzene rings is 2. The maximum absolute atomic E-state index is 12.3. The lowest BCUT2D eigenvalue weighted by molar-refractivity contribution is -0.384. The molecule has 152 valence electrons. The highest BCUT2D eigenvalue weighted by molar-refractivity contribution is 5.95. The summed E-state index contributed by atoms with van der Waals surface area (Å²) in [5, 5.41) is 14.8. The van der Waals surface area contributed by atoms with E-state index in [9.17, 15) is 14.9 Å². The number of amides is 1. The fourth-order valence-electron chi connectivity index (χ4n) is 3.37. The van der Waals surface area contributed by atoms with E-state index in [2.05, 4.69) is 15.4 Å². The van der Waals surface area contributed by atoms with Gasteiger partial charge in [-0.15, -0.1) is 0 Å². The number of carbonyl (C=O) groups excluding carboxylic acids is 1. The summed E-state index contributed by atoms with van der Waals surface area (Å²) in [4.78, 5) is 25.0. The Balaban J connectivity index is 1.37. The summed E-state index contributed by atoms with van der Waals surface area (Å²) in [5.74, 6) is 0.579. The van der Waals surface area contributed by atoms with Gasteiger partial charge < -0.3 is 9.32 Å². The fourth-order valence-corrected chi connectivity index (χ4v) is 3.37. The first-order chi connectivity index (χ1) is 14.6. The zero-order valence-electron chi connectivity index (χ0n) is 16.2. The van der Waals surface area contributed by atoms with Crippen molar-refractivity contribution in [3.63, 3.8) is 0 Å². The van der Waals surface area contributed by atoms with Crippen molar-refractivity contribution in [1.29, 1.82) is 0 Å². The first-order valence-corrected chi connectivity index (χ1v) is 9.63. The predicted octanol–water partition coefficient (Wildman–Crippen LogP) is 4.22. The molecule has 0 aliphatic carbocycles. The lowest BCUT2D eigenvalue weighted by Gasteiger charge is -2.17. The van der Waals surface area contributed by atoms with Crippen LogP contribution in [0.25, 0.3) is 11.3 Å². The number of nitro groups is 1. The third kappa shape index (κ3) is 4.38. The van der Waals surface area contributed by atoms with Crippen LogP contribution in [-0.2, 0) is 0 Å². The number of nitrogens with zero attached hydrogens (tertiary/aromatic N) is 3. The van der Waals surface area contributed by atoms with Gasteiger partial charge >= 0.3 is 0 Å². The maximum atomic E-state index is 12.3. The first kappa shape index (κ1) is 19.4. The van der Waals surface area contributed by atoms with Crippen molar-refractivity contribution >= 4 is 23.5 Å². The van der Waals surface area contributed by atoms with Crippen LogP contribution in [0.5, 0.6) is 0 Å². The van der Waals surface area contributed by atoms with Crippen LogP contribution in [0.15, 0.2) is 70.2 Å². The number of nitrogens with one attached hydrogen (secondary N) is 1. The van der Waals surface area contributed by atoms with E-state index in [4.69, 9.17) is 4.42 Å². The molecule has 0 atom stereocenters. The molecule has 1 aliphatic rings. The number of hydrogen-bond acceptors (Lipinski definition) is 6. The van der Waals surface area contributed by atoms with E-state index in [0.717, 1.165) is 18.8 Å². The molecule has 8 heteroatoms. The van der Waals surface area contributed by atoms with Crippen LogP contribution < -0.4 is 10.3 Å². The second-order valence-electron chi connectivity index (χ2n) is 6.95. The van der Waals surface area contributed by atoms with Gasteiger partial charge in [0.1, 0.15) is 11.5 Å². The molecule has 0 bridgehead atoms. The van der Waals surface area contributed by atoms with E-state index in [0.29, 0.717) is 22.6 Å². The lowest BCUT2D eigenvalue weighted by atomic mass is 10.1. The van der Waals surface area contributed by atoms with Crippen LogP contribution in [0.3, 0.4) is 0 Å². The molecular weight excluding hydrogens is 384 g/mol. The molecule has 0 saturated carbocycles. The molecule has 2 aromatic carbocycles. The van der Waals surface area contributed by atoms with Crippen LogP contribution >= 0.6 is 0 Å². The van der Waals surface area contributed by atoms with Crippen molar-refractivity contribution in [1.82, 2.24) is 5.43 Å². The molecule has 30 heavy (non-hydrogen) atoms. The van der Waals surface area contributed by atoms with Crippen LogP contribution in [0.4, 0.5) is 11.4 Å². The Bertz CT molecular complexity index is 1080. The number of hydrogen-bond donors (Lipinski definition) is 1. The summed E-state index contributed by atoms with van der Waals surface area (Å²) >= 11 is 0. The number of rotatable bonds is 6. The minimum atomic E-state index is -0.456. The molecule has 0 spiro atoms. The summed E-state index contributed by atoms with van der Waals surface area (Å²) in [6.45, 7) is 2.11. The number of hydrazone groups is 1. The van der Waals surface area contributed by atoms with Crippen molar-refractivity contribution < 1.29 is 14.1 Å². The van der Waals surface area contributed by atoms with Gasteiger partial charge in [0.2, 0.25) is 0 Å². The highest BCUT2D eigenvalue weighted by Crippen LogP contribution is 2.25. The second-order valence-corrected chi connectivity index (χ2v) is 6.95. The minimum absolute atomic E-state index is 0.0119. The number of carbonyl (C=O) groups is 1. The molecular formula is C22H20N4O4. The molecule has 3 aromatic rings. The van der Waals surface area contributed by atoms with E-state index in [1.807, 2.05) is 12.1 Å². The quantitative estimate of drug-likeness (QED) is 0.377. The van der Waals surface area contributed by atoms with Gasteiger partial charge in [0.05, 0.1) is 11.1 Å². The molecule has 1 aromatic heterocycles. The summed E-state index contributed by atoms with van der Waals surface area (Å²) in [5.41, 5.74) is 4.70. The highest BCUT2D eigenvalue weighted by atomic mass is 16.6. The SMILES string of the molecule is O=C(N/N=C\c1ccc(-c2cccc([N+](=O)[O-])c2)o1)c1ccc(N2CCCC2)cc1. The van der Waals surface area contributed by atoms with E-state index >= 15 is 0 Å². The van der Waals surface area contributed by atoms with Gasteiger partial charge in [-0.3, -0.25) is 14.9 Å². The molecule has 0 radical (unpaired) electrons. The van der Waals surface area contributed by atoms with Gasteiger partial charge in [-0.1, -0.05) is 12.1 Å². The Morgan fingerprint density at radius 1 is 1.10 bits per heavy atom. The summed E-state index contributed by atoms with van der Waals surface area (Å²) in [6.07, 6.45) is 3.79. The smallest absolute Gasteiger partial charge is 0.271 e. The standard InChI is InChI=1S/C22H20N4O4/c27-22(16-6-8-18(9-7-16)25-12-1-2-13-25)24-23-15-20-10-11-21(30-20)17-4-3-5-19(14-17)26(28)29/h3-11,14-15H,1-2,12-13H2,(H,24,27)/b23-15-. The molecule has 1 amide bonds. The molecule has 0 unspecified atom stereocenters. The van der Waals surface area contributed by atoms with Crippen LogP contribution in [0, 0.1) is 10.1 Å². The largest absolute Gasteiger partial charge is 0.455 e. The number of furan rings is 1. The first-order valence-electron chi connectivity index (χ1n) is 9.63. The van der Waals surface area contributed by atoms with Crippen molar-refractivity contribution in [2.45, 2.75) is 12.8 Å². The van der Waals surface area contributed by atoms with Crippen molar-refractivity contribution in [3.8, 4) is 11.3 Å². The van der Waals surface area contributed by atoms with Crippen molar-refractivity contribution in [2.24, 2.45) is 5.10 Å². The average Bonchev–Trinajstić information content (AvgIpc) is 3.46. The summed E-state index contributed by atoms with van der Waals surface area (Å²) in [6, 6.07) is 17.0. The van der Waals surface area contributed by atoms with Crippen molar-refractivity contribution in [2.75, 3.05) is 18.0 Å². The van der Waals surface area contributed by atoms with E-state index in [1.54, 1.807) is 36.4 Å². The van der Waals surface area contributed by atoms with Gasteiger partial charge in [-0.2, -0.15) is 5.10 Å². The molecule has 2 heterocycles. The zero-order valence-corrected chi connectivity index (χ0v) is 16.2. The Kier molecular flexibility index (Phi) is 5.56. The number of non-ortho nitro benzene ring substituents is 1. The highest BCUT2D eigenvalue weighted by Gasteiger charge is 2.13. The molecule has 1 aliphatic heterocycles. The van der Waals surface area contributed by atoms with E-state index in [1.165, 1.54) is 31.2 Å². The fraction of sp³-hybridized carbons (Fsp3) is 0.182. The third-order valence-electron chi connectivity index (χ3n) is 4.93. The molecule has 1 fully saturated rings. The maximum Gasteiger partial charge on any atom is 0.271 e. The number of anilines is 1. The minimum Gasteiger partial charge on any atom is -0.455 e. The molecule has 8 nitrogen and oxygen atoms in total. The topological polar surface area (TPSA) is 101 Å². The molecule has 4 rings (SSSR count). The van der Waals surface area contributed by atoms with Crippen LogP contribution in [-0.4, -0.2) is 30.1 Å². The Labute approximate surface area is 173 Å². The van der Waals surface area contributed by atoms with Gasteiger partial charge in [-0.05, 0) is 49.2 Å². The second kappa shape index (κ2) is 8.60. The third-order valence-corrected chi connectivity index (χ3v) is 4.93. The van der Waals surface area contributed by atoms with E-state index in [-0.39, 0.29) is 11.6 Å². The average molecular weight is 404 g/mol. The Morgan fingerprint density at radius 2 is 1.87 bits per heavy atom. The predicted molar refractivity (Wildman–Crippen MR) is 114 cm³/mol. The van der Waals surface area contributed by atoms with Crippen molar-refractivity contribution in [3.05, 3.63) is 82.1 Å². The van der Waals surface area contributed by atoms with Gasteiger partial charge in [0.15, 0.2) is 0 Å². The van der Waals surface area contributed by atoms with Crippen LogP contribution in [0.1, 0.15) is 29.0 Å². The molecule has 1 N–H and O–H groups in total. The lowest BCUT2D eigenvalue weighted by Crippen LogP contribution is -2.19. The van der Waals surface area contributed by atoms with Gasteiger partial charge in [0, 0.05) is 42.0 Å². The normalized spacial score (nSPS) is 13.7. The van der Waals surface area contributed by atoms with Gasteiger partial charge in [-0.25, -0.2) is 5.43 Å². The van der Waals surface area contributed by atoms with E-state index < -0.39 is 4.92 Å². The van der Waals surface area contributed by atoms with Crippen LogP contribution in [0.2, 0.25) is 0 Å². The number of nitro benzene ring substituents is 1. The summed E-state index contributed by atoms with van der Waals surface area (Å²) < 4.78 is 5.64. The Hall–Kier alpha value is -3.94. The summed E-state index contributed by atoms with van der Waals surface area (Å²) in [7, 11) is 0. The Morgan fingerprint density at radius 3 is 2.60 bits per heavy atom. The zero-order chi connectivity index (χ0) is 20.9.